The second-order valence-corrected chi connectivity index (χ2v) is 6.13. The van der Waals surface area contributed by atoms with Crippen molar-refractivity contribution < 1.29 is 23.8 Å². The first-order valence-electron chi connectivity index (χ1n) is 6.36. The van der Waals surface area contributed by atoms with E-state index in [1.165, 1.54) is 23.5 Å². The molecule has 0 aromatic carbocycles. The smallest absolute Gasteiger partial charge is 0.367 e. The van der Waals surface area contributed by atoms with Gasteiger partial charge in [-0.15, -0.1) is 0 Å². The lowest BCUT2D eigenvalue weighted by molar-refractivity contribution is 0.0448. The summed E-state index contributed by atoms with van der Waals surface area (Å²) >= 11 is 2.47. The summed E-state index contributed by atoms with van der Waals surface area (Å²) in [7, 11) is 0. The van der Waals surface area contributed by atoms with Gasteiger partial charge in [0, 0.05) is 18.1 Å². The molecule has 0 spiro atoms. The van der Waals surface area contributed by atoms with Crippen molar-refractivity contribution in [1.29, 1.82) is 0 Å². The van der Waals surface area contributed by atoms with Gasteiger partial charge in [-0.25, -0.2) is 9.59 Å². The average Bonchev–Trinajstić information content (AvgIpc) is 2.95. The monoisotopic (exact) mass is 308 g/mol. The van der Waals surface area contributed by atoms with E-state index in [0.717, 1.165) is 31.0 Å². The van der Waals surface area contributed by atoms with Crippen LogP contribution in [0.25, 0.3) is 0 Å². The first-order valence-corrected chi connectivity index (χ1v) is 8.33. The van der Waals surface area contributed by atoms with E-state index < -0.39 is 0 Å². The lowest BCUT2D eigenvalue weighted by Crippen LogP contribution is -2.17. The maximum atomic E-state index is 10.6. The van der Waals surface area contributed by atoms with Crippen molar-refractivity contribution in [3.63, 3.8) is 0 Å². The Morgan fingerprint density at radius 3 is 2.32 bits per heavy atom. The molecule has 0 amide bonds. The number of rotatable bonds is 5. The lowest BCUT2D eigenvalue weighted by atomic mass is 10.3. The number of thioether (sulfide) groups is 2. The Labute approximate surface area is 122 Å². The number of hydrogen-bond acceptors (Lipinski definition) is 7. The fourth-order valence-electron chi connectivity index (χ4n) is 1.33. The summed E-state index contributed by atoms with van der Waals surface area (Å²) < 4.78 is 14.9. The molecule has 5 nitrogen and oxygen atoms in total. The van der Waals surface area contributed by atoms with Crippen molar-refractivity contribution >= 4 is 34.1 Å². The highest BCUT2D eigenvalue weighted by Crippen LogP contribution is 2.19. The van der Waals surface area contributed by atoms with E-state index in [2.05, 4.69) is 11.7 Å². The summed E-state index contributed by atoms with van der Waals surface area (Å²) in [5.74, 6) is 1.56. The molecule has 19 heavy (non-hydrogen) atoms. The number of cyclic esters (lactones) is 2. The Balaban J connectivity index is 0.000000218. The Hall–Kier alpha value is -0.400. The Morgan fingerprint density at radius 1 is 1.21 bits per heavy atom. The summed E-state index contributed by atoms with van der Waals surface area (Å²) in [6.07, 6.45) is 2.34. The van der Waals surface area contributed by atoms with Crippen LogP contribution in [0.2, 0.25) is 0 Å². The van der Waals surface area contributed by atoms with Crippen molar-refractivity contribution in [2.45, 2.75) is 38.9 Å². The van der Waals surface area contributed by atoms with E-state index in [0.29, 0.717) is 6.61 Å². The molecular formula is C12H20O5S2. The minimum atomic E-state index is -0.168. The molecule has 2 atom stereocenters. The highest BCUT2D eigenvalue weighted by Gasteiger charge is 2.23. The van der Waals surface area contributed by atoms with Crippen LogP contribution >= 0.6 is 23.5 Å². The normalized spacial score (nSPS) is 25.6. The molecule has 2 fully saturated rings. The predicted octanol–water partition coefficient (Wildman–Crippen LogP) is 3.31. The van der Waals surface area contributed by atoms with Gasteiger partial charge in [-0.05, 0) is 36.9 Å². The third-order valence-corrected chi connectivity index (χ3v) is 4.17. The molecule has 0 radical (unpaired) electrons. The Kier molecular flexibility index (Phi) is 8.32. The second kappa shape index (κ2) is 9.50. The van der Waals surface area contributed by atoms with E-state index in [1.54, 1.807) is 0 Å². The number of unbranched alkanes of at least 4 members (excludes halogenated alkanes) is 1. The largest absolute Gasteiger partial charge is 0.454 e. The van der Waals surface area contributed by atoms with Crippen LogP contribution in [-0.4, -0.2) is 47.5 Å². The molecule has 2 unspecified atom stereocenters. The van der Waals surface area contributed by atoms with Gasteiger partial charge in [-0.1, -0.05) is 13.3 Å². The van der Waals surface area contributed by atoms with E-state index in [-0.39, 0.29) is 22.8 Å². The highest BCUT2D eigenvalue weighted by atomic mass is 32.2. The van der Waals surface area contributed by atoms with Crippen LogP contribution in [-0.2, 0) is 14.2 Å². The van der Waals surface area contributed by atoms with Gasteiger partial charge in [0.2, 0.25) is 0 Å². The van der Waals surface area contributed by atoms with Crippen LogP contribution in [0, 0.1) is 0 Å². The zero-order valence-electron chi connectivity index (χ0n) is 11.3. The van der Waals surface area contributed by atoms with Gasteiger partial charge < -0.3 is 14.2 Å². The average molecular weight is 308 g/mol. The van der Waals surface area contributed by atoms with Crippen LogP contribution in [0.4, 0.5) is 9.59 Å². The van der Waals surface area contributed by atoms with Crippen molar-refractivity contribution in [3.05, 3.63) is 0 Å². The second-order valence-electron chi connectivity index (χ2n) is 4.22. The molecule has 2 aliphatic rings. The SMILES string of the molecule is CC1CSC(=O)O1.CCCCOCC1CSC(=O)O1. The first-order chi connectivity index (χ1) is 9.11. The highest BCUT2D eigenvalue weighted by molar-refractivity contribution is 8.13. The van der Waals surface area contributed by atoms with E-state index >= 15 is 0 Å². The van der Waals surface area contributed by atoms with Gasteiger partial charge in [0.25, 0.3) is 0 Å². The van der Waals surface area contributed by atoms with Crippen molar-refractivity contribution in [1.82, 2.24) is 0 Å². The molecule has 2 rings (SSSR count). The molecular weight excluding hydrogens is 288 g/mol. The fourth-order valence-corrected chi connectivity index (χ4v) is 2.69. The van der Waals surface area contributed by atoms with Crippen LogP contribution in [0.1, 0.15) is 26.7 Å². The molecule has 2 heterocycles. The van der Waals surface area contributed by atoms with Crippen LogP contribution in [0.15, 0.2) is 0 Å². The quantitative estimate of drug-likeness (QED) is 0.570. The molecule has 0 saturated carbocycles. The molecule has 0 aromatic heterocycles. The number of hydrogen-bond donors (Lipinski definition) is 0. The molecule has 2 aliphatic heterocycles. The first kappa shape index (κ1) is 16.7. The van der Waals surface area contributed by atoms with Gasteiger partial charge in [0.1, 0.15) is 12.2 Å². The summed E-state index contributed by atoms with van der Waals surface area (Å²) in [6, 6.07) is 0. The molecule has 0 aromatic rings. The molecule has 110 valence electrons. The van der Waals surface area contributed by atoms with Gasteiger partial charge in [-0.3, -0.25) is 0 Å². The molecule has 0 bridgehead atoms. The van der Waals surface area contributed by atoms with E-state index in [4.69, 9.17) is 9.47 Å². The maximum absolute atomic E-state index is 10.6. The minimum absolute atomic E-state index is 0.0145. The Morgan fingerprint density at radius 2 is 1.89 bits per heavy atom. The summed E-state index contributed by atoms with van der Waals surface area (Å²) in [5.41, 5.74) is 0. The third-order valence-electron chi connectivity index (χ3n) is 2.33. The van der Waals surface area contributed by atoms with Crippen molar-refractivity contribution in [3.8, 4) is 0 Å². The molecule has 7 heteroatoms. The van der Waals surface area contributed by atoms with Crippen LogP contribution < -0.4 is 0 Å². The predicted molar refractivity (Wildman–Crippen MR) is 76.9 cm³/mol. The lowest BCUT2D eigenvalue weighted by Gasteiger charge is -2.07. The number of ether oxygens (including phenoxy) is 3. The van der Waals surface area contributed by atoms with Crippen molar-refractivity contribution in [2.75, 3.05) is 24.7 Å². The molecule has 2 saturated heterocycles. The number of carbonyl (C=O) groups excluding carboxylic acids is 2. The molecule has 0 N–H and O–H groups in total. The van der Waals surface area contributed by atoms with Gasteiger partial charge >= 0.3 is 10.6 Å². The minimum Gasteiger partial charge on any atom is -0.454 e. The van der Waals surface area contributed by atoms with E-state index in [9.17, 15) is 9.59 Å². The standard InChI is InChI=1S/C8H14O3S.C4H6O2S/c1-2-3-4-10-5-7-6-12-8(9)11-7;1-3-2-7-4(5)6-3/h7H,2-6H2,1H3;3H,2H2,1H3. The fraction of sp³-hybridized carbons (Fsp3) is 0.833. The summed E-state index contributed by atoms with van der Waals surface area (Å²) in [5, 5.41) is -0.299. The number of carbonyl (C=O) groups is 2. The third kappa shape index (κ3) is 7.69. The zero-order valence-corrected chi connectivity index (χ0v) is 12.9. The van der Waals surface area contributed by atoms with Gasteiger partial charge in [-0.2, -0.15) is 0 Å². The van der Waals surface area contributed by atoms with Crippen LogP contribution in [0.3, 0.4) is 0 Å². The maximum Gasteiger partial charge on any atom is 0.367 e. The van der Waals surface area contributed by atoms with Gasteiger partial charge in [0.05, 0.1) is 6.61 Å². The van der Waals surface area contributed by atoms with Crippen LogP contribution in [0.5, 0.6) is 0 Å². The Bertz CT molecular complexity index is 298. The van der Waals surface area contributed by atoms with Gasteiger partial charge in [0.15, 0.2) is 0 Å². The topological polar surface area (TPSA) is 61.8 Å². The summed E-state index contributed by atoms with van der Waals surface area (Å²) in [6.45, 7) is 5.33. The summed E-state index contributed by atoms with van der Waals surface area (Å²) in [4.78, 5) is 20.8. The molecule has 0 aliphatic carbocycles. The van der Waals surface area contributed by atoms with Crippen molar-refractivity contribution in [2.24, 2.45) is 0 Å². The zero-order chi connectivity index (χ0) is 14.1. The van der Waals surface area contributed by atoms with E-state index in [1.807, 2.05) is 6.92 Å².